The van der Waals surface area contributed by atoms with Crippen LogP contribution in [0.2, 0.25) is 0 Å². The van der Waals surface area contributed by atoms with Gasteiger partial charge in [-0.05, 0) is 0 Å². The monoisotopic (exact) mass is 134 g/mol. The van der Waals surface area contributed by atoms with Crippen molar-refractivity contribution in [3.63, 3.8) is 0 Å². The topological polar surface area (TPSA) is 87.0 Å². The lowest BCUT2D eigenvalue weighted by Crippen LogP contribution is -1.98. The van der Waals surface area contributed by atoms with Crippen molar-refractivity contribution in [2.24, 2.45) is 0 Å². The molecule has 0 saturated heterocycles. The molecule has 0 aromatic rings. The van der Waals surface area contributed by atoms with Gasteiger partial charge in [-0.1, -0.05) is 0 Å². The molecule has 5 heteroatoms. The highest BCUT2D eigenvalue weighted by Gasteiger charge is 2.03. The Morgan fingerprint density at radius 2 is 2.22 bits per heavy atom. The van der Waals surface area contributed by atoms with Gasteiger partial charge in [-0.3, -0.25) is 4.79 Å². The molecule has 0 aromatic heterocycles. The maximum absolute atomic E-state index is 9.78. The molecular formula is C4H6O5. The SMILES string of the molecule is O=C(O)C/C(=C/O)OO. The van der Waals surface area contributed by atoms with E-state index in [1.807, 2.05) is 0 Å². The molecular weight excluding hydrogens is 128 g/mol. The Hall–Kier alpha value is -1.23. The first-order chi connectivity index (χ1) is 4.20. The van der Waals surface area contributed by atoms with E-state index in [2.05, 4.69) is 4.89 Å². The van der Waals surface area contributed by atoms with Crippen molar-refractivity contribution in [2.75, 3.05) is 0 Å². The zero-order valence-corrected chi connectivity index (χ0v) is 4.44. The van der Waals surface area contributed by atoms with Crippen LogP contribution >= 0.6 is 0 Å². The van der Waals surface area contributed by atoms with E-state index in [1.165, 1.54) is 0 Å². The number of aliphatic carboxylic acids is 1. The predicted octanol–water partition coefficient (Wildman–Crippen LogP) is 0.350. The highest BCUT2D eigenvalue weighted by molar-refractivity contribution is 5.69. The first kappa shape index (κ1) is 7.77. The van der Waals surface area contributed by atoms with Crippen molar-refractivity contribution in [1.82, 2.24) is 0 Å². The standard InChI is InChI=1S/C4H6O5/c5-2-3(9-8)1-4(6)7/h2,5,8H,1H2,(H,6,7)/b3-2-. The van der Waals surface area contributed by atoms with Gasteiger partial charge < -0.3 is 15.1 Å². The van der Waals surface area contributed by atoms with E-state index in [9.17, 15) is 4.79 Å². The molecule has 0 rings (SSSR count). The lowest BCUT2D eigenvalue weighted by Gasteiger charge is -1.94. The summed E-state index contributed by atoms with van der Waals surface area (Å²) in [5.74, 6) is -1.59. The molecule has 0 heterocycles. The number of carboxylic acid groups (broad SMARTS) is 1. The van der Waals surface area contributed by atoms with Crippen LogP contribution in [0.5, 0.6) is 0 Å². The normalized spacial score (nSPS) is 11.0. The van der Waals surface area contributed by atoms with Crippen LogP contribution in [0.1, 0.15) is 6.42 Å². The Kier molecular flexibility index (Phi) is 3.22. The summed E-state index contributed by atoms with van der Waals surface area (Å²) in [5.41, 5.74) is 0. The summed E-state index contributed by atoms with van der Waals surface area (Å²) < 4.78 is 0. The van der Waals surface area contributed by atoms with Crippen LogP contribution in [0.25, 0.3) is 0 Å². The summed E-state index contributed by atoms with van der Waals surface area (Å²) in [6.45, 7) is 0. The summed E-state index contributed by atoms with van der Waals surface area (Å²) in [6.07, 6.45) is -0.152. The van der Waals surface area contributed by atoms with E-state index >= 15 is 0 Å². The van der Waals surface area contributed by atoms with E-state index < -0.39 is 18.1 Å². The van der Waals surface area contributed by atoms with Crippen molar-refractivity contribution < 1.29 is 25.2 Å². The van der Waals surface area contributed by atoms with Gasteiger partial charge in [-0.15, -0.1) is 0 Å². The fraction of sp³-hybridized carbons (Fsp3) is 0.250. The van der Waals surface area contributed by atoms with Gasteiger partial charge in [0, 0.05) is 0 Å². The van der Waals surface area contributed by atoms with Gasteiger partial charge in [0.1, 0.15) is 12.7 Å². The Morgan fingerprint density at radius 3 is 2.33 bits per heavy atom. The molecule has 52 valence electrons. The van der Waals surface area contributed by atoms with Crippen LogP contribution in [0.3, 0.4) is 0 Å². The van der Waals surface area contributed by atoms with E-state index in [0.29, 0.717) is 6.26 Å². The highest BCUT2D eigenvalue weighted by atomic mass is 17.1. The fourth-order valence-corrected chi connectivity index (χ4v) is 0.251. The second-order valence-electron chi connectivity index (χ2n) is 1.26. The first-order valence-corrected chi connectivity index (χ1v) is 2.07. The average molecular weight is 134 g/mol. The smallest absolute Gasteiger partial charge is 0.311 e. The highest BCUT2D eigenvalue weighted by Crippen LogP contribution is 1.98. The zero-order valence-electron chi connectivity index (χ0n) is 4.44. The van der Waals surface area contributed by atoms with Crippen LogP contribution < -0.4 is 0 Å². The van der Waals surface area contributed by atoms with Crippen molar-refractivity contribution in [2.45, 2.75) is 6.42 Å². The Morgan fingerprint density at radius 1 is 1.67 bits per heavy atom. The van der Waals surface area contributed by atoms with Gasteiger partial charge in [0.15, 0.2) is 5.76 Å². The van der Waals surface area contributed by atoms with Gasteiger partial charge in [0.05, 0.1) is 0 Å². The number of rotatable bonds is 3. The zero-order chi connectivity index (χ0) is 7.28. The summed E-state index contributed by atoms with van der Waals surface area (Å²) in [5, 5.41) is 23.9. The molecule has 0 atom stereocenters. The second kappa shape index (κ2) is 3.73. The van der Waals surface area contributed by atoms with Crippen LogP contribution in [0.15, 0.2) is 12.0 Å². The van der Waals surface area contributed by atoms with E-state index in [4.69, 9.17) is 15.5 Å². The predicted molar refractivity (Wildman–Crippen MR) is 26.7 cm³/mol. The molecule has 0 bridgehead atoms. The molecule has 5 nitrogen and oxygen atoms in total. The quantitative estimate of drug-likeness (QED) is 0.294. The van der Waals surface area contributed by atoms with Crippen molar-refractivity contribution >= 4 is 5.97 Å². The van der Waals surface area contributed by atoms with Crippen LogP contribution in [-0.2, 0) is 9.68 Å². The average Bonchev–Trinajstić information content (AvgIpc) is 1.82. The molecule has 0 aromatic carbocycles. The number of aliphatic hydroxyl groups is 1. The fourth-order valence-electron chi connectivity index (χ4n) is 0.251. The number of carbonyl (C=O) groups is 1. The minimum absolute atomic E-state index is 0.383. The Bertz CT molecular complexity index is 127. The van der Waals surface area contributed by atoms with Crippen LogP contribution in [0.4, 0.5) is 0 Å². The third-order valence-corrected chi connectivity index (χ3v) is 0.587. The van der Waals surface area contributed by atoms with E-state index in [1.54, 1.807) is 0 Å². The van der Waals surface area contributed by atoms with Crippen molar-refractivity contribution in [1.29, 1.82) is 0 Å². The molecule has 0 unspecified atom stereocenters. The van der Waals surface area contributed by atoms with Gasteiger partial charge >= 0.3 is 5.97 Å². The van der Waals surface area contributed by atoms with Gasteiger partial charge in [-0.2, -0.15) is 0 Å². The van der Waals surface area contributed by atoms with Crippen molar-refractivity contribution in [3.8, 4) is 0 Å². The minimum atomic E-state index is -1.19. The van der Waals surface area contributed by atoms with E-state index in [-0.39, 0.29) is 0 Å². The largest absolute Gasteiger partial charge is 0.512 e. The third-order valence-electron chi connectivity index (χ3n) is 0.587. The van der Waals surface area contributed by atoms with E-state index in [0.717, 1.165) is 0 Å². The van der Waals surface area contributed by atoms with Gasteiger partial charge in [-0.25, -0.2) is 5.26 Å². The number of hydrogen-bond donors (Lipinski definition) is 3. The molecule has 0 spiro atoms. The summed E-state index contributed by atoms with van der Waals surface area (Å²) in [6, 6.07) is 0. The third kappa shape index (κ3) is 3.36. The maximum atomic E-state index is 9.78. The molecule has 0 radical (unpaired) electrons. The van der Waals surface area contributed by atoms with Crippen LogP contribution in [-0.4, -0.2) is 21.4 Å². The Balaban J connectivity index is 3.71. The van der Waals surface area contributed by atoms with Crippen molar-refractivity contribution in [3.05, 3.63) is 12.0 Å². The minimum Gasteiger partial charge on any atom is -0.512 e. The number of hydrogen-bond acceptors (Lipinski definition) is 4. The Labute approximate surface area is 50.7 Å². The molecule has 9 heavy (non-hydrogen) atoms. The molecule has 0 fully saturated rings. The summed E-state index contributed by atoms with van der Waals surface area (Å²) in [7, 11) is 0. The number of aliphatic hydroxyl groups excluding tert-OH is 1. The lowest BCUT2D eigenvalue weighted by atomic mass is 10.4. The molecule has 3 N–H and O–H groups in total. The summed E-state index contributed by atoms with van der Waals surface area (Å²) >= 11 is 0. The molecule has 0 amide bonds. The molecule has 0 saturated carbocycles. The maximum Gasteiger partial charge on any atom is 0.311 e. The van der Waals surface area contributed by atoms with Gasteiger partial charge in [0.2, 0.25) is 0 Å². The molecule has 0 aliphatic rings. The molecule has 0 aliphatic carbocycles. The lowest BCUT2D eigenvalue weighted by molar-refractivity contribution is -0.208. The summed E-state index contributed by atoms with van der Waals surface area (Å²) in [4.78, 5) is 13.2. The second-order valence-corrected chi connectivity index (χ2v) is 1.26. The number of carboxylic acids is 1. The van der Waals surface area contributed by atoms with Gasteiger partial charge in [0.25, 0.3) is 0 Å². The molecule has 0 aliphatic heterocycles. The first-order valence-electron chi connectivity index (χ1n) is 2.07. The van der Waals surface area contributed by atoms with Crippen LogP contribution in [0, 0.1) is 0 Å².